The standard InChI is InChI=1S/C17H21N5O4/c1-2-25-17(24)22-7-5-12(6-8-22)20-15(23)13-10-26-16(21-13)11-3-4-14(18)19-9-11/h3-4,9-10,12H,2,5-8H2,1H3,(H2,18,19)(H,20,23). The molecule has 2 amide bonds. The van der Waals surface area contributed by atoms with Crippen LogP contribution in [-0.4, -0.2) is 52.6 Å². The molecule has 9 heteroatoms. The topological polar surface area (TPSA) is 124 Å². The van der Waals surface area contributed by atoms with Crippen molar-refractivity contribution in [3.63, 3.8) is 0 Å². The quantitative estimate of drug-likeness (QED) is 0.851. The van der Waals surface area contributed by atoms with Gasteiger partial charge in [-0.15, -0.1) is 0 Å². The fraction of sp³-hybridized carbons (Fsp3) is 0.412. The summed E-state index contributed by atoms with van der Waals surface area (Å²) in [5.74, 6) is 0.394. The Morgan fingerprint density at radius 3 is 2.81 bits per heavy atom. The number of carbonyl (C=O) groups excluding carboxylic acids is 2. The maximum absolute atomic E-state index is 12.4. The molecule has 3 N–H and O–H groups in total. The van der Waals surface area contributed by atoms with Crippen molar-refractivity contribution in [1.82, 2.24) is 20.2 Å². The molecule has 3 rings (SSSR count). The third-order valence-electron chi connectivity index (χ3n) is 4.13. The van der Waals surface area contributed by atoms with Crippen molar-refractivity contribution in [2.24, 2.45) is 0 Å². The predicted octanol–water partition coefficient (Wildman–Crippen LogP) is 1.67. The highest BCUT2D eigenvalue weighted by Gasteiger charge is 2.25. The SMILES string of the molecule is CCOC(=O)N1CCC(NC(=O)c2coc(-c3ccc(N)nc3)n2)CC1. The summed E-state index contributed by atoms with van der Waals surface area (Å²) < 4.78 is 10.3. The Bertz CT molecular complexity index is 766. The number of pyridine rings is 1. The van der Waals surface area contributed by atoms with Gasteiger partial charge in [0.25, 0.3) is 5.91 Å². The molecule has 2 aromatic rings. The second kappa shape index (κ2) is 7.85. The van der Waals surface area contributed by atoms with Gasteiger partial charge >= 0.3 is 6.09 Å². The summed E-state index contributed by atoms with van der Waals surface area (Å²) in [5.41, 5.74) is 6.39. The van der Waals surface area contributed by atoms with Crippen molar-refractivity contribution in [3.8, 4) is 11.5 Å². The van der Waals surface area contributed by atoms with Gasteiger partial charge < -0.3 is 25.1 Å². The Morgan fingerprint density at radius 1 is 1.38 bits per heavy atom. The van der Waals surface area contributed by atoms with Crippen LogP contribution in [0.25, 0.3) is 11.5 Å². The van der Waals surface area contributed by atoms with Crippen LogP contribution in [0.2, 0.25) is 0 Å². The van der Waals surface area contributed by atoms with Crippen molar-refractivity contribution in [2.45, 2.75) is 25.8 Å². The summed E-state index contributed by atoms with van der Waals surface area (Å²) in [4.78, 5) is 33.9. The molecule has 138 valence electrons. The van der Waals surface area contributed by atoms with Crippen LogP contribution in [0.1, 0.15) is 30.3 Å². The van der Waals surface area contributed by atoms with Crippen molar-refractivity contribution in [2.75, 3.05) is 25.4 Å². The predicted molar refractivity (Wildman–Crippen MR) is 93.2 cm³/mol. The van der Waals surface area contributed by atoms with Crippen molar-refractivity contribution in [3.05, 3.63) is 30.3 Å². The molecule has 0 spiro atoms. The van der Waals surface area contributed by atoms with Gasteiger partial charge in [-0.25, -0.2) is 14.8 Å². The number of carbonyl (C=O) groups is 2. The molecule has 26 heavy (non-hydrogen) atoms. The van der Waals surface area contributed by atoms with Crippen molar-refractivity contribution >= 4 is 17.8 Å². The number of anilines is 1. The molecule has 0 saturated carbocycles. The van der Waals surface area contributed by atoms with E-state index in [1.165, 1.54) is 12.5 Å². The number of hydrogen-bond acceptors (Lipinski definition) is 7. The van der Waals surface area contributed by atoms with E-state index >= 15 is 0 Å². The fourth-order valence-corrected chi connectivity index (χ4v) is 2.72. The molecule has 0 aromatic carbocycles. The zero-order valence-electron chi connectivity index (χ0n) is 14.5. The molecule has 0 aliphatic carbocycles. The lowest BCUT2D eigenvalue weighted by atomic mass is 10.1. The van der Waals surface area contributed by atoms with Crippen molar-refractivity contribution in [1.29, 1.82) is 0 Å². The van der Waals surface area contributed by atoms with Crippen LogP contribution in [0.3, 0.4) is 0 Å². The largest absolute Gasteiger partial charge is 0.450 e. The lowest BCUT2D eigenvalue weighted by Crippen LogP contribution is -2.46. The van der Waals surface area contributed by atoms with Gasteiger partial charge in [-0.1, -0.05) is 0 Å². The number of nitrogen functional groups attached to an aromatic ring is 1. The first-order valence-electron chi connectivity index (χ1n) is 8.46. The Hall–Kier alpha value is -3.10. The number of rotatable bonds is 4. The highest BCUT2D eigenvalue weighted by molar-refractivity contribution is 5.92. The molecule has 2 aromatic heterocycles. The maximum atomic E-state index is 12.4. The Kier molecular flexibility index (Phi) is 5.35. The van der Waals surface area contributed by atoms with Gasteiger partial charge in [0.2, 0.25) is 5.89 Å². The highest BCUT2D eigenvalue weighted by atomic mass is 16.6. The number of oxazole rings is 1. The molecule has 1 aliphatic rings. The number of likely N-dealkylation sites (tertiary alicyclic amines) is 1. The molecule has 1 fully saturated rings. The first kappa shape index (κ1) is 17.7. The lowest BCUT2D eigenvalue weighted by molar-refractivity contribution is 0.0856. The average molecular weight is 359 g/mol. The molecule has 1 saturated heterocycles. The Morgan fingerprint density at radius 2 is 2.15 bits per heavy atom. The summed E-state index contributed by atoms with van der Waals surface area (Å²) in [7, 11) is 0. The molecule has 0 unspecified atom stereocenters. The lowest BCUT2D eigenvalue weighted by Gasteiger charge is -2.31. The van der Waals surface area contributed by atoms with E-state index in [0.29, 0.717) is 49.8 Å². The van der Waals surface area contributed by atoms with Crippen LogP contribution < -0.4 is 11.1 Å². The minimum absolute atomic E-state index is 0.0217. The maximum Gasteiger partial charge on any atom is 0.409 e. The minimum atomic E-state index is -0.310. The van der Waals surface area contributed by atoms with Crippen LogP contribution in [0, 0.1) is 0 Å². The minimum Gasteiger partial charge on any atom is -0.450 e. The summed E-state index contributed by atoms with van der Waals surface area (Å²) in [6.45, 7) is 3.22. The summed E-state index contributed by atoms with van der Waals surface area (Å²) in [6, 6.07) is 3.34. The van der Waals surface area contributed by atoms with Crippen LogP contribution in [0.5, 0.6) is 0 Å². The van der Waals surface area contributed by atoms with Crippen LogP contribution in [0.15, 0.2) is 29.0 Å². The molecular weight excluding hydrogens is 338 g/mol. The van der Waals surface area contributed by atoms with Gasteiger partial charge in [-0.3, -0.25) is 4.79 Å². The summed E-state index contributed by atoms with van der Waals surface area (Å²) in [5, 5.41) is 2.92. The second-order valence-electron chi connectivity index (χ2n) is 5.94. The molecule has 0 atom stereocenters. The summed E-state index contributed by atoms with van der Waals surface area (Å²) in [6.07, 6.45) is 3.87. The Labute approximate surface area is 150 Å². The average Bonchev–Trinajstić information content (AvgIpc) is 3.13. The van der Waals surface area contributed by atoms with E-state index in [4.69, 9.17) is 14.9 Å². The third kappa shape index (κ3) is 4.11. The van der Waals surface area contributed by atoms with Crippen LogP contribution >= 0.6 is 0 Å². The third-order valence-corrected chi connectivity index (χ3v) is 4.13. The number of ether oxygens (including phenoxy) is 1. The molecular formula is C17H21N5O4. The van der Waals surface area contributed by atoms with E-state index in [2.05, 4.69) is 15.3 Å². The first-order chi connectivity index (χ1) is 12.6. The molecule has 9 nitrogen and oxygen atoms in total. The molecule has 3 heterocycles. The van der Waals surface area contributed by atoms with Gasteiger partial charge in [0.05, 0.1) is 12.2 Å². The zero-order valence-corrected chi connectivity index (χ0v) is 14.5. The van der Waals surface area contributed by atoms with E-state index in [0.717, 1.165) is 0 Å². The Balaban J connectivity index is 1.55. The van der Waals surface area contributed by atoms with Crippen molar-refractivity contribution < 1.29 is 18.7 Å². The smallest absolute Gasteiger partial charge is 0.409 e. The van der Waals surface area contributed by atoms with Gasteiger partial charge in [-0.2, -0.15) is 0 Å². The number of nitrogens with two attached hydrogens (primary N) is 1. The van der Waals surface area contributed by atoms with E-state index in [-0.39, 0.29) is 23.7 Å². The zero-order chi connectivity index (χ0) is 18.5. The summed E-state index contributed by atoms with van der Waals surface area (Å²) >= 11 is 0. The normalized spacial score (nSPS) is 14.9. The van der Waals surface area contributed by atoms with Crippen LogP contribution in [0.4, 0.5) is 10.6 Å². The van der Waals surface area contributed by atoms with E-state index < -0.39 is 0 Å². The first-order valence-corrected chi connectivity index (χ1v) is 8.46. The number of piperidine rings is 1. The molecule has 0 radical (unpaired) electrons. The molecule has 1 aliphatic heterocycles. The monoisotopic (exact) mass is 359 g/mol. The molecule has 0 bridgehead atoms. The van der Waals surface area contributed by atoms with E-state index in [1.807, 2.05) is 0 Å². The van der Waals surface area contributed by atoms with E-state index in [9.17, 15) is 9.59 Å². The number of nitrogens with one attached hydrogen (secondary N) is 1. The number of hydrogen-bond donors (Lipinski definition) is 2. The van der Waals surface area contributed by atoms with Gasteiger partial charge in [0.1, 0.15) is 12.1 Å². The second-order valence-corrected chi connectivity index (χ2v) is 5.94. The van der Waals surface area contributed by atoms with Gasteiger partial charge in [0, 0.05) is 25.3 Å². The van der Waals surface area contributed by atoms with Gasteiger partial charge in [-0.05, 0) is 31.9 Å². The van der Waals surface area contributed by atoms with Gasteiger partial charge in [0.15, 0.2) is 5.69 Å². The number of amides is 2. The van der Waals surface area contributed by atoms with Crippen LogP contribution in [-0.2, 0) is 4.74 Å². The fourth-order valence-electron chi connectivity index (χ4n) is 2.72. The highest BCUT2D eigenvalue weighted by Crippen LogP contribution is 2.19. The number of nitrogens with zero attached hydrogens (tertiary/aromatic N) is 3. The number of aromatic nitrogens is 2. The van der Waals surface area contributed by atoms with E-state index in [1.54, 1.807) is 24.0 Å².